The van der Waals surface area contributed by atoms with Gasteiger partial charge in [-0.25, -0.2) is 0 Å². The van der Waals surface area contributed by atoms with E-state index in [0.29, 0.717) is 0 Å². The molecule has 0 bridgehead atoms. The van der Waals surface area contributed by atoms with Crippen molar-refractivity contribution in [2.24, 2.45) is 0 Å². The lowest BCUT2D eigenvalue weighted by Gasteiger charge is -2.11. The Morgan fingerprint density at radius 3 is 2.46 bits per heavy atom. The molecule has 0 N–H and O–H groups in total. The minimum atomic E-state index is 0.731. The van der Waals surface area contributed by atoms with Crippen molar-refractivity contribution in [2.75, 3.05) is 0 Å². The normalized spacial score (nSPS) is 11.0. The van der Waals surface area contributed by atoms with Crippen molar-refractivity contribution in [3.63, 3.8) is 0 Å². The molecule has 0 saturated heterocycles. The highest BCUT2D eigenvalue weighted by Crippen LogP contribution is 2.31. The molecule has 0 unspecified atom stereocenters. The van der Waals surface area contributed by atoms with Crippen molar-refractivity contribution in [3.05, 3.63) is 94.5 Å². The highest BCUT2D eigenvalue weighted by Gasteiger charge is 2.17. The lowest BCUT2D eigenvalue weighted by molar-refractivity contribution is 0.886. The predicted octanol–water partition coefficient (Wildman–Crippen LogP) is 6.50. The Balaban J connectivity index is 1.74. The molecular weight excluding hydrogens is 386 g/mol. The Hall–Kier alpha value is -2.56. The molecule has 4 aromatic rings. The first kappa shape index (κ1) is 18.8. The molecule has 0 aliphatic rings. The molecule has 1 aromatic heterocycles. The first-order chi connectivity index (χ1) is 13.6. The zero-order chi connectivity index (χ0) is 19.5. The number of halogens is 1. The van der Waals surface area contributed by atoms with Gasteiger partial charge < -0.3 is 0 Å². The Morgan fingerprint density at radius 1 is 0.893 bits per heavy atom. The zero-order valence-electron chi connectivity index (χ0n) is 15.8. The molecule has 0 saturated carbocycles. The number of rotatable bonds is 5. The highest BCUT2D eigenvalue weighted by molar-refractivity contribution is 7.98. The second-order valence-corrected chi connectivity index (χ2v) is 8.07. The lowest BCUT2D eigenvalue weighted by atomic mass is 10.1. The van der Waals surface area contributed by atoms with Crippen molar-refractivity contribution in [1.29, 1.82) is 0 Å². The number of aryl methyl sites for hydroxylation is 2. The third kappa shape index (κ3) is 3.98. The summed E-state index contributed by atoms with van der Waals surface area (Å²) < 4.78 is 2.10. The number of thioether (sulfide) groups is 1. The van der Waals surface area contributed by atoms with E-state index in [9.17, 15) is 0 Å². The SMILES string of the molecule is Cc1cccc(CSc2nnc(-c3ccc(C)c(Cl)c3)n2-c2ccccc2)c1. The number of hydrogen-bond acceptors (Lipinski definition) is 3. The van der Waals surface area contributed by atoms with E-state index < -0.39 is 0 Å². The average molecular weight is 406 g/mol. The standard InChI is InChI=1S/C23H20ClN3S/c1-16-7-6-8-18(13-16)15-28-23-26-25-22(19-12-11-17(2)21(24)14-19)27(23)20-9-4-3-5-10-20/h3-14H,15H2,1-2H3. The zero-order valence-corrected chi connectivity index (χ0v) is 17.3. The van der Waals surface area contributed by atoms with Gasteiger partial charge in [-0.2, -0.15) is 0 Å². The fraction of sp³-hybridized carbons (Fsp3) is 0.130. The summed E-state index contributed by atoms with van der Waals surface area (Å²) in [5, 5.41) is 10.6. The van der Waals surface area contributed by atoms with Crippen molar-refractivity contribution in [3.8, 4) is 17.1 Å². The minimum absolute atomic E-state index is 0.731. The molecule has 5 heteroatoms. The monoisotopic (exact) mass is 405 g/mol. The summed E-state index contributed by atoms with van der Waals surface area (Å²) in [5.41, 5.74) is 5.57. The van der Waals surface area contributed by atoms with E-state index in [-0.39, 0.29) is 0 Å². The third-order valence-electron chi connectivity index (χ3n) is 4.53. The van der Waals surface area contributed by atoms with E-state index >= 15 is 0 Å². The van der Waals surface area contributed by atoms with Gasteiger partial charge in [-0.3, -0.25) is 4.57 Å². The van der Waals surface area contributed by atoms with Gasteiger partial charge in [0.2, 0.25) is 0 Å². The summed E-state index contributed by atoms with van der Waals surface area (Å²) >= 11 is 8.05. The molecule has 0 aliphatic heterocycles. The van der Waals surface area contributed by atoms with Crippen molar-refractivity contribution in [2.45, 2.75) is 24.8 Å². The smallest absolute Gasteiger partial charge is 0.196 e. The van der Waals surface area contributed by atoms with Crippen LogP contribution in [0.15, 0.2) is 78.0 Å². The number of aromatic nitrogens is 3. The van der Waals surface area contributed by atoms with Gasteiger partial charge in [-0.1, -0.05) is 83.5 Å². The first-order valence-electron chi connectivity index (χ1n) is 9.07. The third-order valence-corrected chi connectivity index (χ3v) is 5.94. The number of benzene rings is 3. The summed E-state index contributed by atoms with van der Waals surface area (Å²) in [6.45, 7) is 4.11. The minimum Gasteiger partial charge on any atom is -0.270 e. The van der Waals surface area contributed by atoms with Gasteiger partial charge in [0.1, 0.15) is 0 Å². The Labute approximate surface area is 174 Å². The molecule has 3 aromatic carbocycles. The van der Waals surface area contributed by atoms with Gasteiger partial charge in [0, 0.05) is 22.0 Å². The van der Waals surface area contributed by atoms with Gasteiger partial charge in [-0.15, -0.1) is 10.2 Å². The van der Waals surface area contributed by atoms with Crippen LogP contribution >= 0.6 is 23.4 Å². The van der Waals surface area contributed by atoms with Crippen LogP contribution in [0.2, 0.25) is 5.02 Å². The first-order valence-corrected chi connectivity index (χ1v) is 10.4. The summed E-state index contributed by atoms with van der Waals surface area (Å²) in [5.74, 6) is 1.63. The van der Waals surface area contributed by atoms with Crippen LogP contribution in [0.4, 0.5) is 0 Å². The lowest BCUT2D eigenvalue weighted by Crippen LogP contribution is -1.99. The van der Waals surface area contributed by atoms with Crippen LogP contribution in [0.3, 0.4) is 0 Å². The van der Waals surface area contributed by atoms with Crippen molar-refractivity contribution in [1.82, 2.24) is 14.8 Å². The Bertz CT molecular complexity index is 1110. The summed E-state index contributed by atoms with van der Waals surface area (Å²) in [6.07, 6.45) is 0. The van der Waals surface area contributed by atoms with Crippen molar-refractivity contribution < 1.29 is 0 Å². The molecule has 0 spiro atoms. The molecule has 3 nitrogen and oxygen atoms in total. The van der Waals surface area contributed by atoms with Crippen LogP contribution in [0.1, 0.15) is 16.7 Å². The molecule has 0 fully saturated rings. The topological polar surface area (TPSA) is 30.7 Å². The molecule has 1 heterocycles. The van der Waals surface area contributed by atoms with Crippen molar-refractivity contribution >= 4 is 23.4 Å². The van der Waals surface area contributed by atoms with Crippen LogP contribution in [0, 0.1) is 13.8 Å². The quantitative estimate of drug-likeness (QED) is 0.355. The van der Waals surface area contributed by atoms with Crippen LogP contribution in [-0.2, 0) is 5.75 Å². The molecule has 0 atom stereocenters. The molecule has 0 radical (unpaired) electrons. The van der Waals surface area contributed by atoms with Crippen LogP contribution in [0.25, 0.3) is 17.1 Å². The van der Waals surface area contributed by atoms with E-state index in [1.54, 1.807) is 11.8 Å². The number of para-hydroxylation sites is 1. The molecule has 0 amide bonds. The van der Waals surface area contributed by atoms with E-state index in [1.165, 1.54) is 11.1 Å². The maximum absolute atomic E-state index is 6.36. The van der Waals surface area contributed by atoms with Crippen LogP contribution in [0.5, 0.6) is 0 Å². The average Bonchev–Trinajstić information content (AvgIpc) is 3.13. The van der Waals surface area contributed by atoms with Gasteiger partial charge in [0.05, 0.1) is 0 Å². The highest BCUT2D eigenvalue weighted by atomic mass is 35.5. The van der Waals surface area contributed by atoms with Crippen LogP contribution in [-0.4, -0.2) is 14.8 Å². The second kappa shape index (κ2) is 8.21. The maximum atomic E-state index is 6.36. The molecule has 140 valence electrons. The maximum Gasteiger partial charge on any atom is 0.196 e. The second-order valence-electron chi connectivity index (χ2n) is 6.72. The van der Waals surface area contributed by atoms with Gasteiger partial charge in [0.25, 0.3) is 0 Å². The van der Waals surface area contributed by atoms with Crippen LogP contribution < -0.4 is 0 Å². The summed E-state index contributed by atoms with van der Waals surface area (Å²) in [6, 6.07) is 24.8. The number of hydrogen-bond donors (Lipinski definition) is 0. The summed E-state index contributed by atoms with van der Waals surface area (Å²) in [7, 11) is 0. The predicted molar refractivity (Wildman–Crippen MR) is 117 cm³/mol. The van der Waals surface area contributed by atoms with E-state index in [4.69, 9.17) is 11.6 Å². The van der Waals surface area contributed by atoms with E-state index in [1.807, 2.05) is 43.3 Å². The molecule has 4 rings (SSSR count). The Kier molecular flexibility index (Phi) is 5.51. The molecule has 0 aliphatic carbocycles. The number of nitrogens with zero attached hydrogens (tertiary/aromatic N) is 3. The van der Waals surface area contributed by atoms with E-state index in [0.717, 1.165) is 38.6 Å². The largest absolute Gasteiger partial charge is 0.270 e. The Morgan fingerprint density at radius 2 is 1.71 bits per heavy atom. The van der Waals surface area contributed by atoms with Gasteiger partial charge in [-0.05, 0) is 43.2 Å². The van der Waals surface area contributed by atoms with Gasteiger partial charge >= 0.3 is 0 Å². The fourth-order valence-electron chi connectivity index (χ4n) is 3.04. The summed E-state index contributed by atoms with van der Waals surface area (Å²) in [4.78, 5) is 0. The molecule has 28 heavy (non-hydrogen) atoms. The molecular formula is C23H20ClN3S. The van der Waals surface area contributed by atoms with Gasteiger partial charge in [0.15, 0.2) is 11.0 Å². The fourth-order valence-corrected chi connectivity index (χ4v) is 4.12. The van der Waals surface area contributed by atoms with E-state index in [2.05, 4.69) is 58.1 Å².